The molecule has 1 saturated heterocycles. The number of nitrogens with zero attached hydrogens (tertiary/aromatic N) is 2. The lowest BCUT2D eigenvalue weighted by molar-refractivity contribution is -0.124. The fourth-order valence-electron chi connectivity index (χ4n) is 4.03. The third-order valence-electron chi connectivity index (χ3n) is 5.89. The molecule has 0 aliphatic carbocycles. The van der Waals surface area contributed by atoms with E-state index in [1.807, 2.05) is 22.4 Å². The predicted molar refractivity (Wildman–Crippen MR) is 147 cm³/mol. The van der Waals surface area contributed by atoms with E-state index in [4.69, 9.17) is 21.7 Å². The first-order valence-electron chi connectivity index (χ1n) is 11.8. The minimum absolute atomic E-state index is 0.0626. The van der Waals surface area contributed by atoms with Gasteiger partial charge in [-0.05, 0) is 85.5 Å². The van der Waals surface area contributed by atoms with Crippen LogP contribution in [0.5, 0.6) is 5.75 Å². The average Bonchev–Trinajstić information content (AvgIpc) is 3.50. The first-order valence-corrected chi connectivity index (χ1v) is 13.1. The maximum Gasteiger partial charge on any atom is 0.338 e. The molecule has 2 aromatic carbocycles. The van der Waals surface area contributed by atoms with E-state index in [2.05, 4.69) is 5.32 Å². The van der Waals surface area contributed by atoms with Gasteiger partial charge in [-0.3, -0.25) is 14.5 Å². The highest BCUT2D eigenvalue weighted by atomic mass is 32.1. The lowest BCUT2D eigenvalue weighted by Gasteiger charge is -2.23. The molecule has 2 heterocycles. The highest BCUT2D eigenvalue weighted by Gasteiger charge is 2.44. The fourth-order valence-corrected chi connectivity index (χ4v) is 5.15. The molecule has 37 heavy (non-hydrogen) atoms. The monoisotopic (exact) mass is 537 g/mol. The van der Waals surface area contributed by atoms with Crippen LogP contribution in [0.15, 0.2) is 66.0 Å². The van der Waals surface area contributed by atoms with Crippen molar-refractivity contribution >= 4 is 57.8 Å². The summed E-state index contributed by atoms with van der Waals surface area (Å²) in [5.41, 5.74) is 1.52. The largest absolute Gasteiger partial charge is 0.497 e. The summed E-state index contributed by atoms with van der Waals surface area (Å²) < 4.78 is 10.2. The van der Waals surface area contributed by atoms with Crippen LogP contribution in [-0.4, -0.2) is 54.1 Å². The number of carbonyl (C=O) groups is 3. The van der Waals surface area contributed by atoms with E-state index in [0.29, 0.717) is 40.8 Å². The van der Waals surface area contributed by atoms with Gasteiger partial charge in [-0.1, -0.05) is 6.07 Å². The van der Waals surface area contributed by atoms with Crippen molar-refractivity contribution in [2.45, 2.75) is 25.8 Å². The van der Waals surface area contributed by atoms with Crippen molar-refractivity contribution in [3.8, 4) is 5.75 Å². The number of anilines is 2. The molecule has 4 rings (SSSR count). The number of carbonyl (C=O) groups excluding carboxylic acids is 3. The summed E-state index contributed by atoms with van der Waals surface area (Å²) in [4.78, 5) is 43.0. The molecule has 0 spiro atoms. The van der Waals surface area contributed by atoms with E-state index < -0.39 is 12.0 Å². The van der Waals surface area contributed by atoms with Crippen LogP contribution < -0.4 is 15.0 Å². The Kier molecular flexibility index (Phi) is 8.52. The topological polar surface area (TPSA) is 88.2 Å². The number of nitrogens with one attached hydrogen (secondary N) is 1. The molecular formula is C27H27N3O5S2. The molecular weight excluding hydrogens is 510 g/mol. The molecule has 10 heteroatoms. The molecule has 3 aromatic rings. The number of hydrogen-bond donors (Lipinski definition) is 1. The van der Waals surface area contributed by atoms with Crippen molar-refractivity contribution < 1.29 is 23.9 Å². The molecule has 1 aliphatic heterocycles. The molecule has 192 valence electrons. The molecule has 0 radical (unpaired) electrons. The smallest absolute Gasteiger partial charge is 0.338 e. The van der Waals surface area contributed by atoms with Crippen molar-refractivity contribution in [1.82, 2.24) is 4.90 Å². The fraction of sp³-hybridized carbons (Fsp3) is 0.259. The van der Waals surface area contributed by atoms with E-state index in [1.54, 1.807) is 73.9 Å². The van der Waals surface area contributed by atoms with Gasteiger partial charge in [-0.2, -0.15) is 0 Å². The lowest BCUT2D eigenvalue weighted by atomic mass is 10.1. The minimum Gasteiger partial charge on any atom is -0.497 e. The van der Waals surface area contributed by atoms with Crippen molar-refractivity contribution in [2.75, 3.05) is 30.5 Å². The van der Waals surface area contributed by atoms with Gasteiger partial charge in [-0.15, -0.1) is 11.3 Å². The summed E-state index contributed by atoms with van der Waals surface area (Å²) in [5.74, 6) is -0.342. The van der Waals surface area contributed by atoms with Crippen molar-refractivity contribution in [3.63, 3.8) is 0 Å². The molecule has 1 atom stereocenters. The van der Waals surface area contributed by atoms with Crippen LogP contribution in [0.25, 0.3) is 0 Å². The van der Waals surface area contributed by atoms with Crippen LogP contribution in [0.2, 0.25) is 0 Å². The highest BCUT2D eigenvalue weighted by molar-refractivity contribution is 7.80. The second-order valence-electron chi connectivity index (χ2n) is 8.24. The van der Waals surface area contributed by atoms with E-state index in [-0.39, 0.29) is 24.8 Å². The number of methoxy groups -OCH3 is 1. The summed E-state index contributed by atoms with van der Waals surface area (Å²) >= 11 is 7.36. The van der Waals surface area contributed by atoms with Gasteiger partial charge in [0.15, 0.2) is 5.11 Å². The normalized spacial score (nSPS) is 15.1. The van der Waals surface area contributed by atoms with Gasteiger partial charge in [0.25, 0.3) is 5.91 Å². The molecule has 1 fully saturated rings. The first-order chi connectivity index (χ1) is 17.9. The number of thiocarbonyl (C=S) groups is 1. The second-order valence-corrected chi connectivity index (χ2v) is 9.64. The van der Waals surface area contributed by atoms with Crippen molar-refractivity contribution in [3.05, 3.63) is 76.5 Å². The molecule has 2 amide bonds. The maximum atomic E-state index is 13.6. The summed E-state index contributed by atoms with van der Waals surface area (Å²) in [7, 11) is 1.57. The highest BCUT2D eigenvalue weighted by Crippen LogP contribution is 2.28. The van der Waals surface area contributed by atoms with Gasteiger partial charge >= 0.3 is 5.97 Å². The Labute approximate surface area is 224 Å². The van der Waals surface area contributed by atoms with Crippen molar-refractivity contribution in [1.29, 1.82) is 0 Å². The van der Waals surface area contributed by atoms with E-state index in [0.717, 1.165) is 4.88 Å². The van der Waals surface area contributed by atoms with Crippen LogP contribution >= 0.6 is 23.6 Å². The minimum atomic E-state index is -0.754. The number of rotatable bonds is 10. The zero-order valence-corrected chi connectivity index (χ0v) is 22.1. The van der Waals surface area contributed by atoms with E-state index >= 15 is 0 Å². The van der Waals surface area contributed by atoms with Crippen molar-refractivity contribution in [2.24, 2.45) is 0 Å². The van der Waals surface area contributed by atoms with Crippen LogP contribution in [0, 0.1) is 0 Å². The Morgan fingerprint density at radius 1 is 1.08 bits per heavy atom. The third-order valence-corrected chi connectivity index (χ3v) is 7.24. The Morgan fingerprint density at radius 3 is 2.43 bits per heavy atom. The average molecular weight is 538 g/mol. The lowest BCUT2D eigenvalue weighted by Crippen LogP contribution is -2.39. The second kappa shape index (κ2) is 12.0. The summed E-state index contributed by atoms with van der Waals surface area (Å²) in [6.45, 7) is 2.50. The van der Waals surface area contributed by atoms with Gasteiger partial charge in [0.2, 0.25) is 5.91 Å². The van der Waals surface area contributed by atoms with Gasteiger partial charge in [0.1, 0.15) is 11.8 Å². The summed E-state index contributed by atoms with van der Waals surface area (Å²) in [6.07, 6.45) is 0.629. The molecule has 0 saturated carbocycles. The van der Waals surface area contributed by atoms with E-state index in [9.17, 15) is 14.4 Å². The number of ether oxygens (including phenoxy) is 2. The quantitative estimate of drug-likeness (QED) is 0.301. The van der Waals surface area contributed by atoms with Crippen LogP contribution in [0.4, 0.5) is 11.4 Å². The molecule has 0 bridgehead atoms. The van der Waals surface area contributed by atoms with Gasteiger partial charge < -0.3 is 19.7 Å². The Morgan fingerprint density at radius 2 is 1.81 bits per heavy atom. The summed E-state index contributed by atoms with van der Waals surface area (Å²) in [6, 6.07) is 16.8. The Bertz CT molecular complexity index is 1260. The number of hydrogen-bond acceptors (Lipinski definition) is 7. The zero-order chi connectivity index (χ0) is 26.4. The summed E-state index contributed by atoms with van der Waals surface area (Å²) in [5, 5.41) is 5.17. The number of thiophene rings is 1. The molecule has 8 nitrogen and oxygen atoms in total. The number of benzene rings is 2. The maximum absolute atomic E-state index is 13.6. The predicted octanol–water partition coefficient (Wildman–Crippen LogP) is 4.51. The molecule has 1 unspecified atom stereocenters. The van der Waals surface area contributed by atoms with Crippen LogP contribution in [0.3, 0.4) is 0 Å². The molecule has 1 aliphatic rings. The van der Waals surface area contributed by atoms with Crippen LogP contribution in [0.1, 0.15) is 28.6 Å². The Hall–Kier alpha value is -3.76. The molecule has 1 N–H and O–H groups in total. The zero-order valence-electron chi connectivity index (χ0n) is 20.5. The van der Waals surface area contributed by atoms with Gasteiger partial charge in [-0.25, -0.2) is 4.79 Å². The third kappa shape index (κ3) is 6.15. The number of esters is 1. The first kappa shape index (κ1) is 26.3. The van der Waals surface area contributed by atoms with Crippen LogP contribution in [-0.2, 0) is 20.7 Å². The van der Waals surface area contributed by atoms with Gasteiger partial charge in [0, 0.05) is 17.1 Å². The van der Waals surface area contributed by atoms with E-state index in [1.165, 1.54) is 4.90 Å². The Balaban J connectivity index is 1.53. The standard InChI is InChI=1S/C27H27N3O5S2/c1-3-35-26(33)18-6-10-20(11-7-18)30-25(32)23(29(27(30)36)15-14-22-5-4-16-37-22)17-24(31)28-19-8-12-21(34-2)13-9-19/h4-13,16,23H,3,14-15,17H2,1-2H3,(H,28,31). The molecule has 1 aromatic heterocycles. The number of amides is 2. The SMILES string of the molecule is CCOC(=O)c1ccc(N2C(=O)C(CC(=O)Nc3ccc(OC)cc3)N(CCc3cccs3)C2=S)cc1. The van der Waals surface area contributed by atoms with Gasteiger partial charge in [0.05, 0.1) is 31.4 Å².